The van der Waals surface area contributed by atoms with E-state index in [9.17, 15) is 4.39 Å². The van der Waals surface area contributed by atoms with Gasteiger partial charge in [-0.2, -0.15) is 0 Å². The van der Waals surface area contributed by atoms with Crippen LogP contribution in [0.2, 0.25) is 0 Å². The molecule has 0 aliphatic carbocycles. The minimum atomic E-state index is -0.581. The molecule has 0 amide bonds. The average Bonchev–Trinajstić information content (AvgIpc) is 2.18. The largest absolute Gasteiger partial charge is 0.496 e. The average molecular weight is 185 g/mol. The van der Waals surface area contributed by atoms with Crippen LogP contribution in [-0.2, 0) is 18.1 Å². The molecule has 0 fully saturated rings. The van der Waals surface area contributed by atoms with Gasteiger partial charge in [0, 0.05) is 5.56 Å². The van der Waals surface area contributed by atoms with E-state index in [-0.39, 0.29) is 6.61 Å². The van der Waals surface area contributed by atoms with Crippen LogP contribution in [0.5, 0.6) is 5.75 Å². The second kappa shape index (κ2) is 4.79. The van der Waals surface area contributed by atoms with E-state index in [1.54, 1.807) is 18.2 Å². The van der Waals surface area contributed by atoms with Crippen LogP contribution in [0.1, 0.15) is 11.1 Å². The van der Waals surface area contributed by atoms with Crippen molar-refractivity contribution in [3.8, 4) is 5.75 Å². The Hall–Kier alpha value is -1.13. The summed E-state index contributed by atoms with van der Waals surface area (Å²) < 4.78 is 17.6. The molecule has 13 heavy (non-hydrogen) atoms. The monoisotopic (exact) mass is 185 g/mol. The number of rotatable bonds is 4. The predicted molar refractivity (Wildman–Crippen MR) is 46.8 cm³/mol. The molecule has 0 saturated heterocycles. The van der Waals surface area contributed by atoms with Crippen LogP contribution < -0.4 is 10.6 Å². The van der Waals surface area contributed by atoms with Crippen molar-refractivity contribution in [2.45, 2.75) is 13.3 Å². The number of methoxy groups -OCH3 is 1. The first-order valence-electron chi connectivity index (χ1n) is 3.86. The molecule has 0 aromatic heterocycles. The fraction of sp³-hybridized carbons (Fsp3) is 0.333. The molecule has 72 valence electrons. The van der Waals surface area contributed by atoms with Crippen molar-refractivity contribution in [3.63, 3.8) is 0 Å². The molecule has 1 rings (SSSR count). The van der Waals surface area contributed by atoms with Gasteiger partial charge in [0.2, 0.25) is 0 Å². The lowest BCUT2D eigenvalue weighted by atomic mass is 10.1. The molecule has 0 heterocycles. The molecule has 0 atom stereocenters. The van der Waals surface area contributed by atoms with Gasteiger partial charge < -0.3 is 4.74 Å². The van der Waals surface area contributed by atoms with Gasteiger partial charge in [-0.15, -0.1) is 0 Å². The molecule has 0 saturated carbocycles. The quantitative estimate of drug-likeness (QED) is 0.724. The van der Waals surface area contributed by atoms with E-state index in [4.69, 9.17) is 10.6 Å². The number of hydrogen-bond acceptors (Lipinski definition) is 3. The molecule has 0 radical (unpaired) electrons. The summed E-state index contributed by atoms with van der Waals surface area (Å²) in [5.41, 5.74) is 1.21. The third-order valence-electron chi connectivity index (χ3n) is 1.82. The van der Waals surface area contributed by atoms with Crippen molar-refractivity contribution in [2.24, 2.45) is 5.90 Å². The number of halogens is 1. The Bertz CT molecular complexity index is 278. The molecular weight excluding hydrogens is 173 g/mol. The van der Waals surface area contributed by atoms with Crippen molar-refractivity contribution in [1.82, 2.24) is 0 Å². The maximum atomic E-state index is 12.6. The van der Waals surface area contributed by atoms with E-state index in [0.29, 0.717) is 16.9 Å². The first-order valence-corrected chi connectivity index (χ1v) is 3.86. The molecular formula is C9H12FNO2. The minimum Gasteiger partial charge on any atom is -0.496 e. The Labute approximate surface area is 76.2 Å². The Morgan fingerprint density at radius 3 is 2.77 bits per heavy atom. The molecule has 0 unspecified atom stereocenters. The summed E-state index contributed by atoms with van der Waals surface area (Å²) >= 11 is 0. The van der Waals surface area contributed by atoms with Gasteiger partial charge in [0.05, 0.1) is 13.7 Å². The zero-order valence-corrected chi connectivity index (χ0v) is 7.42. The summed E-state index contributed by atoms with van der Waals surface area (Å²) in [5, 5.41) is 0. The minimum absolute atomic E-state index is 0.191. The van der Waals surface area contributed by atoms with Crippen LogP contribution in [0.15, 0.2) is 18.2 Å². The zero-order valence-electron chi connectivity index (χ0n) is 7.42. The van der Waals surface area contributed by atoms with Gasteiger partial charge in [0.1, 0.15) is 12.4 Å². The molecule has 0 spiro atoms. The van der Waals surface area contributed by atoms with Crippen LogP contribution in [0.4, 0.5) is 4.39 Å². The summed E-state index contributed by atoms with van der Waals surface area (Å²) in [5.74, 6) is 5.44. The van der Waals surface area contributed by atoms with Gasteiger partial charge in [0.15, 0.2) is 0 Å². The van der Waals surface area contributed by atoms with Crippen molar-refractivity contribution in [2.75, 3.05) is 7.11 Å². The molecule has 4 heteroatoms. The Morgan fingerprint density at radius 2 is 2.23 bits per heavy atom. The summed E-state index contributed by atoms with van der Waals surface area (Å²) in [6.07, 6.45) is 0. The highest BCUT2D eigenvalue weighted by atomic mass is 19.1. The highest BCUT2D eigenvalue weighted by Gasteiger charge is 2.07. The topological polar surface area (TPSA) is 44.5 Å². The number of ether oxygens (including phenoxy) is 1. The molecule has 0 aliphatic rings. The second-order valence-electron chi connectivity index (χ2n) is 2.54. The Morgan fingerprint density at radius 1 is 1.46 bits per heavy atom. The first-order chi connectivity index (χ1) is 6.33. The van der Waals surface area contributed by atoms with Gasteiger partial charge in [-0.3, -0.25) is 4.84 Å². The number of alkyl halides is 1. The van der Waals surface area contributed by atoms with Gasteiger partial charge in [-0.1, -0.05) is 12.1 Å². The molecule has 0 bridgehead atoms. The molecule has 0 aliphatic heterocycles. The van der Waals surface area contributed by atoms with E-state index in [1.165, 1.54) is 7.11 Å². The highest BCUT2D eigenvalue weighted by Crippen LogP contribution is 2.23. The van der Waals surface area contributed by atoms with Crippen LogP contribution in [0.25, 0.3) is 0 Å². The highest BCUT2D eigenvalue weighted by molar-refractivity contribution is 5.39. The number of nitrogens with two attached hydrogens (primary N) is 1. The first kappa shape index (κ1) is 9.95. The van der Waals surface area contributed by atoms with E-state index < -0.39 is 6.67 Å². The lowest BCUT2D eigenvalue weighted by Crippen LogP contribution is -2.03. The number of benzene rings is 1. The summed E-state index contributed by atoms with van der Waals surface area (Å²) in [7, 11) is 1.50. The third-order valence-corrected chi connectivity index (χ3v) is 1.82. The van der Waals surface area contributed by atoms with Crippen molar-refractivity contribution < 1.29 is 14.0 Å². The second-order valence-corrected chi connectivity index (χ2v) is 2.54. The molecule has 2 N–H and O–H groups in total. The molecule has 1 aromatic carbocycles. The van der Waals surface area contributed by atoms with Crippen LogP contribution >= 0.6 is 0 Å². The van der Waals surface area contributed by atoms with E-state index in [0.717, 1.165) is 0 Å². The maximum Gasteiger partial charge on any atom is 0.125 e. The summed E-state index contributed by atoms with van der Waals surface area (Å²) in [6, 6.07) is 5.23. The van der Waals surface area contributed by atoms with Gasteiger partial charge in [-0.25, -0.2) is 10.3 Å². The lowest BCUT2D eigenvalue weighted by molar-refractivity contribution is 0.123. The van der Waals surface area contributed by atoms with E-state index in [2.05, 4.69) is 4.84 Å². The van der Waals surface area contributed by atoms with Gasteiger partial charge in [0.25, 0.3) is 0 Å². The van der Waals surface area contributed by atoms with Crippen LogP contribution in [-0.4, -0.2) is 7.11 Å². The summed E-state index contributed by atoms with van der Waals surface area (Å²) in [4.78, 5) is 4.45. The van der Waals surface area contributed by atoms with Crippen molar-refractivity contribution >= 4 is 0 Å². The van der Waals surface area contributed by atoms with Gasteiger partial charge >= 0.3 is 0 Å². The lowest BCUT2D eigenvalue weighted by Gasteiger charge is -2.09. The predicted octanol–water partition coefficient (Wildman–Crippen LogP) is 1.55. The Balaban J connectivity index is 3.03. The third kappa shape index (κ3) is 2.17. The normalized spacial score (nSPS) is 10.1. The fourth-order valence-corrected chi connectivity index (χ4v) is 1.18. The number of hydrogen-bond donors (Lipinski definition) is 1. The van der Waals surface area contributed by atoms with E-state index in [1.807, 2.05) is 0 Å². The Kier molecular flexibility index (Phi) is 3.67. The smallest absolute Gasteiger partial charge is 0.125 e. The van der Waals surface area contributed by atoms with Crippen LogP contribution in [0.3, 0.4) is 0 Å². The SMILES string of the molecule is COc1cccc(CON)c1CF. The van der Waals surface area contributed by atoms with Crippen molar-refractivity contribution in [3.05, 3.63) is 29.3 Å². The van der Waals surface area contributed by atoms with Crippen molar-refractivity contribution in [1.29, 1.82) is 0 Å². The van der Waals surface area contributed by atoms with Crippen LogP contribution in [0, 0.1) is 0 Å². The maximum absolute atomic E-state index is 12.6. The van der Waals surface area contributed by atoms with E-state index >= 15 is 0 Å². The zero-order chi connectivity index (χ0) is 9.68. The standard InChI is InChI=1S/C9H12FNO2/c1-12-9-4-2-3-7(6-13-11)8(9)5-10/h2-4H,5-6,11H2,1H3. The fourth-order valence-electron chi connectivity index (χ4n) is 1.18. The molecule has 1 aromatic rings. The summed E-state index contributed by atoms with van der Waals surface area (Å²) in [6.45, 7) is -0.390. The molecule has 3 nitrogen and oxygen atoms in total. The van der Waals surface area contributed by atoms with Gasteiger partial charge in [-0.05, 0) is 11.6 Å².